The molecule has 34 heavy (non-hydrogen) atoms. The van der Waals surface area contributed by atoms with Gasteiger partial charge in [0.1, 0.15) is 23.9 Å². The van der Waals surface area contributed by atoms with Crippen molar-refractivity contribution in [1.29, 1.82) is 0 Å². The zero-order valence-corrected chi connectivity index (χ0v) is 20.0. The summed E-state index contributed by atoms with van der Waals surface area (Å²) in [5.41, 5.74) is 3.82. The van der Waals surface area contributed by atoms with Crippen molar-refractivity contribution in [3.8, 4) is 11.5 Å². The number of methoxy groups -OCH3 is 1. The molecular weight excluding hydrogens is 426 g/mol. The van der Waals surface area contributed by atoms with E-state index in [-0.39, 0.29) is 5.91 Å². The maximum absolute atomic E-state index is 12.6. The molecule has 1 amide bonds. The van der Waals surface area contributed by atoms with Gasteiger partial charge < -0.3 is 19.4 Å². The molecule has 0 aliphatic carbocycles. The summed E-state index contributed by atoms with van der Waals surface area (Å²) in [6.45, 7) is 6.03. The van der Waals surface area contributed by atoms with E-state index < -0.39 is 0 Å². The van der Waals surface area contributed by atoms with Gasteiger partial charge in [0, 0.05) is 13.0 Å². The monoisotopic (exact) mass is 457 g/mol. The molecule has 4 rings (SSSR count). The second kappa shape index (κ2) is 10.9. The van der Waals surface area contributed by atoms with Crippen LogP contribution >= 0.6 is 0 Å². The van der Waals surface area contributed by atoms with Gasteiger partial charge in [-0.1, -0.05) is 50.2 Å². The molecule has 0 radical (unpaired) electrons. The summed E-state index contributed by atoms with van der Waals surface area (Å²) in [6.07, 6.45) is 0.610. The van der Waals surface area contributed by atoms with Crippen LogP contribution in [-0.4, -0.2) is 35.7 Å². The Morgan fingerprint density at radius 1 is 1.00 bits per heavy atom. The summed E-state index contributed by atoms with van der Waals surface area (Å²) >= 11 is 0. The third-order valence-electron chi connectivity index (χ3n) is 5.85. The number of amides is 1. The first-order valence-electron chi connectivity index (χ1n) is 11.6. The van der Waals surface area contributed by atoms with Gasteiger partial charge >= 0.3 is 0 Å². The minimum atomic E-state index is -0.159. The SMILES string of the molecule is COc1ccccc1C(=O)NCCc1nc2ccccc2n1CCOc1ccc(C(C)C)cc1. The number of hydrogen-bond donors (Lipinski definition) is 1. The molecule has 6 nitrogen and oxygen atoms in total. The van der Waals surface area contributed by atoms with E-state index in [0.717, 1.165) is 22.6 Å². The quantitative estimate of drug-likeness (QED) is 0.355. The summed E-state index contributed by atoms with van der Waals surface area (Å²) < 4.78 is 13.5. The van der Waals surface area contributed by atoms with E-state index in [0.29, 0.717) is 43.3 Å². The third-order valence-corrected chi connectivity index (χ3v) is 5.85. The standard InChI is InChI=1S/C28H31N3O3/c1-20(2)21-12-14-22(15-13-21)34-19-18-31-25-10-6-5-9-24(25)30-27(31)16-17-29-28(32)23-8-4-7-11-26(23)33-3/h4-15,20H,16-19H2,1-3H3,(H,29,32). The Balaban J connectivity index is 1.41. The van der Waals surface area contributed by atoms with E-state index in [9.17, 15) is 4.79 Å². The van der Waals surface area contributed by atoms with Crippen LogP contribution in [-0.2, 0) is 13.0 Å². The van der Waals surface area contributed by atoms with Gasteiger partial charge in [0.25, 0.3) is 5.91 Å². The lowest BCUT2D eigenvalue weighted by Crippen LogP contribution is -2.27. The number of rotatable bonds is 10. The van der Waals surface area contributed by atoms with E-state index >= 15 is 0 Å². The van der Waals surface area contributed by atoms with Crippen LogP contribution in [0.2, 0.25) is 0 Å². The Kier molecular flexibility index (Phi) is 7.48. The zero-order chi connectivity index (χ0) is 23.9. The second-order valence-electron chi connectivity index (χ2n) is 8.45. The molecule has 1 aromatic heterocycles. The molecule has 6 heteroatoms. The topological polar surface area (TPSA) is 65.4 Å². The minimum absolute atomic E-state index is 0.159. The molecule has 0 spiro atoms. The first-order chi connectivity index (χ1) is 16.6. The Morgan fingerprint density at radius 2 is 1.74 bits per heavy atom. The third kappa shape index (κ3) is 5.39. The highest BCUT2D eigenvalue weighted by Gasteiger charge is 2.14. The fourth-order valence-electron chi connectivity index (χ4n) is 3.98. The van der Waals surface area contributed by atoms with Crippen molar-refractivity contribution < 1.29 is 14.3 Å². The highest BCUT2D eigenvalue weighted by Crippen LogP contribution is 2.20. The van der Waals surface area contributed by atoms with Crippen LogP contribution in [0.5, 0.6) is 11.5 Å². The number of nitrogens with zero attached hydrogens (tertiary/aromatic N) is 2. The van der Waals surface area contributed by atoms with Gasteiger partial charge in [-0.2, -0.15) is 0 Å². The van der Waals surface area contributed by atoms with Crippen LogP contribution in [0.25, 0.3) is 11.0 Å². The van der Waals surface area contributed by atoms with Gasteiger partial charge in [0.05, 0.1) is 30.3 Å². The van der Waals surface area contributed by atoms with Crippen molar-refractivity contribution in [1.82, 2.24) is 14.9 Å². The van der Waals surface area contributed by atoms with Crippen molar-refractivity contribution in [3.05, 3.63) is 89.7 Å². The number of nitrogens with one attached hydrogen (secondary N) is 1. The number of fused-ring (bicyclic) bond motifs is 1. The number of carbonyl (C=O) groups excluding carboxylic acids is 1. The molecular formula is C28H31N3O3. The lowest BCUT2D eigenvalue weighted by molar-refractivity contribution is 0.0951. The molecule has 0 saturated heterocycles. The van der Waals surface area contributed by atoms with Crippen LogP contribution in [0.4, 0.5) is 0 Å². The average Bonchev–Trinajstić information content (AvgIpc) is 3.21. The summed E-state index contributed by atoms with van der Waals surface area (Å²) in [7, 11) is 1.56. The molecule has 1 N–H and O–H groups in total. The van der Waals surface area contributed by atoms with Crippen molar-refractivity contribution in [2.24, 2.45) is 0 Å². The Labute approximate surface area is 200 Å². The van der Waals surface area contributed by atoms with Gasteiger partial charge in [0.2, 0.25) is 0 Å². The second-order valence-corrected chi connectivity index (χ2v) is 8.45. The van der Waals surface area contributed by atoms with E-state index in [1.165, 1.54) is 5.56 Å². The van der Waals surface area contributed by atoms with Crippen LogP contribution in [0.1, 0.15) is 41.5 Å². The number of hydrogen-bond acceptors (Lipinski definition) is 4. The predicted molar refractivity (Wildman–Crippen MR) is 135 cm³/mol. The molecule has 0 atom stereocenters. The molecule has 0 saturated carbocycles. The summed E-state index contributed by atoms with van der Waals surface area (Å²) in [5, 5.41) is 2.99. The van der Waals surface area contributed by atoms with Crippen LogP contribution in [0, 0.1) is 0 Å². The first-order valence-corrected chi connectivity index (χ1v) is 11.6. The van der Waals surface area contributed by atoms with Gasteiger partial charge in [0.15, 0.2) is 0 Å². The Morgan fingerprint density at radius 3 is 2.50 bits per heavy atom. The number of imidazole rings is 1. The van der Waals surface area contributed by atoms with Crippen molar-refractivity contribution in [3.63, 3.8) is 0 Å². The van der Waals surface area contributed by atoms with Gasteiger partial charge in [-0.3, -0.25) is 4.79 Å². The van der Waals surface area contributed by atoms with Gasteiger partial charge in [-0.15, -0.1) is 0 Å². The Bertz CT molecular complexity index is 1250. The lowest BCUT2D eigenvalue weighted by Gasteiger charge is -2.12. The molecule has 1 heterocycles. The maximum atomic E-state index is 12.6. The minimum Gasteiger partial charge on any atom is -0.496 e. The summed E-state index contributed by atoms with van der Waals surface area (Å²) in [4.78, 5) is 17.4. The zero-order valence-electron chi connectivity index (χ0n) is 20.0. The largest absolute Gasteiger partial charge is 0.496 e. The molecule has 0 unspecified atom stereocenters. The predicted octanol–water partition coefficient (Wildman–Crippen LogP) is 5.22. The van der Waals surface area contributed by atoms with Crippen molar-refractivity contribution in [2.45, 2.75) is 32.7 Å². The van der Waals surface area contributed by atoms with E-state index in [1.54, 1.807) is 19.2 Å². The number of para-hydroxylation sites is 3. The molecule has 0 aliphatic heterocycles. The fraction of sp³-hybridized carbons (Fsp3) is 0.286. The van der Waals surface area contributed by atoms with Crippen LogP contribution in [0.15, 0.2) is 72.8 Å². The fourth-order valence-corrected chi connectivity index (χ4v) is 3.98. The van der Waals surface area contributed by atoms with E-state index in [1.807, 2.05) is 42.5 Å². The average molecular weight is 458 g/mol. The smallest absolute Gasteiger partial charge is 0.255 e. The molecule has 0 fully saturated rings. The van der Waals surface area contributed by atoms with E-state index in [4.69, 9.17) is 14.5 Å². The Hall–Kier alpha value is -3.80. The number of aromatic nitrogens is 2. The molecule has 176 valence electrons. The van der Waals surface area contributed by atoms with E-state index in [2.05, 4.69) is 41.9 Å². The number of carbonyl (C=O) groups is 1. The first kappa shape index (κ1) is 23.4. The summed E-state index contributed by atoms with van der Waals surface area (Å²) in [6, 6.07) is 23.6. The molecule has 0 bridgehead atoms. The van der Waals surface area contributed by atoms with Crippen molar-refractivity contribution >= 4 is 16.9 Å². The van der Waals surface area contributed by atoms with Crippen molar-refractivity contribution in [2.75, 3.05) is 20.3 Å². The normalized spacial score (nSPS) is 11.1. The van der Waals surface area contributed by atoms with Gasteiger partial charge in [-0.25, -0.2) is 4.98 Å². The lowest BCUT2D eigenvalue weighted by atomic mass is 10.0. The molecule has 4 aromatic rings. The molecule has 0 aliphatic rings. The number of benzene rings is 3. The van der Waals surface area contributed by atoms with Crippen LogP contribution in [0.3, 0.4) is 0 Å². The summed E-state index contributed by atoms with van der Waals surface area (Å²) in [5.74, 6) is 2.68. The molecule has 3 aromatic carbocycles. The maximum Gasteiger partial charge on any atom is 0.255 e. The van der Waals surface area contributed by atoms with Gasteiger partial charge in [-0.05, 0) is 47.9 Å². The highest BCUT2D eigenvalue weighted by atomic mass is 16.5. The number of ether oxygens (including phenoxy) is 2. The highest BCUT2D eigenvalue weighted by molar-refractivity contribution is 5.96. The van der Waals surface area contributed by atoms with Crippen LogP contribution < -0.4 is 14.8 Å².